The Hall–Kier alpha value is -1.39. The maximum Gasteiger partial charge on any atom is 0.319 e. The number of carbonyl (C=O) groups is 1. The second-order valence-electron chi connectivity index (χ2n) is 4.14. The molecule has 0 spiro atoms. The van der Waals surface area contributed by atoms with Crippen LogP contribution in [0, 0.1) is 6.92 Å². The van der Waals surface area contributed by atoms with E-state index in [1.165, 1.54) is 0 Å². The number of rotatable bonds is 5. The van der Waals surface area contributed by atoms with Gasteiger partial charge in [0.25, 0.3) is 0 Å². The molecule has 1 rings (SSSR count). The highest BCUT2D eigenvalue weighted by atomic mass is 16.5. The van der Waals surface area contributed by atoms with Gasteiger partial charge in [-0.25, -0.2) is 0 Å². The van der Waals surface area contributed by atoms with E-state index in [0.29, 0.717) is 25.3 Å². The molecular formula is C12H21N3O2. The zero-order chi connectivity index (χ0) is 13.1. The molecule has 0 fully saturated rings. The Kier molecular flexibility index (Phi) is 4.26. The Labute approximate surface area is 102 Å². The predicted molar refractivity (Wildman–Crippen MR) is 64.6 cm³/mol. The fourth-order valence-corrected chi connectivity index (χ4v) is 2.04. The predicted octanol–water partition coefficient (Wildman–Crippen LogP) is 1.74. The molecule has 0 saturated carbocycles. The van der Waals surface area contributed by atoms with Crippen LogP contribution in [0.15, 0.2) is 0 Å². The van der Waals surface area contributed by atoms with Gasteiger partial charge in [-0.1, -0.05) is 13.8 Å². The fourth-order valence-electron chi connectivity index (χ4n) is 2.04. The first kappa shape index (κ1) is 13.7. The Balaban J connectivity index is 3.24. The van der Waals surface area contributed by atoms with Gasteiger partial charge < -0.3 is 9.30 Å². The Morgan fingerprint density at radius 3 is 2.24 bits per heavy atom. The van der Waals surface area contributed by atoms with Crippen molar-refractivity contribution < 1.29 is 9.53 Å². The van der Waals surface area contributed by atoms with E-state index < -0.39 is 5.41 Å². The van der Waals surface area contributed by atoms with Gasteiger partial charge in [-0.05, 0) is 26.7 Å². The first-order chi connectivity index (χ1) is 8.03. The molecule has 17 heavy (non-hydrogen) atoms. The summed E-state index contributed by atoms with van der Waals surface area (Å²) in [5.41, 5.74) is -0.675. The van der Waals surface area contributed by atoms with Crippen LogP contribution in [0.5, 0.6) is 0 Å². The van der Waals surface area contributed by atoms with Crippen LogP contribution >= 0.6 is 0 Å². The molecule has 1 aromatic rings. The van der Waals surface area contributed by atoms with Crippen LogP contribution in [0.4, 0.5) is 0 Å². The molecule has 0 saturated heterocycles. The second-order valence-corrected chi connectivity index (χ2v) is 4.14. The van der Waals surface area contributed by atoms with E-state index in [1.807, 2.05) is 39.3 Å². The minimum absolute atomic E-state index is 0.208. The molecule has 0 atom stereocenters. The van der Waals surface area contributed by atoms with Gasteiger partial charge in [0.1, 0.15) is 17.1 Å². The maximum atomic E-state index is 12.2. The van der Waals surface area contributed by atoms with Crippen molar-refractivity contribution in [3.8, 4) is 0 Å². The highest BCUT2D eigenvalue weighted by Crippen LogP contribution is 2.31. The number of hydrogen-bond acceptors (Lipinski definition) is 4. The van der Waals surface area contributed by atoms with Gasteiger partial charge in [0.2, 0.25) is 0 Å². The third kappa shape index (κ3) is 2.18. The van der Waals surface area contributed by atoms with Gasteiger partial charge in [-0.2, -0.15) is 0 Å². The first-order valence-corrected chi connectivity index (χ1v) is 6.07. The van der Waals surface area contributed by atoms with Crippen molar-refractivity contribution in [3.05, 3.63) is 11.6 Å². The second kappa shape index (κ2) is 5.29. The minimum atomic E-state index is -0.675. The summed E-state index contributed by atoms with van der Waals surface area (Å²) >= 11 is 0. The van der Waals surface area contributed by atoms with Crippen LogP contribution in [0.1, 0.15) is 45.3 Å². The number of esters is 1. The molecule has 0 amide bonds. The van der Waals surface area contributed by atoms with Crippen LogP contribution in [-0.2, 0) is 22.0 Å². The number of carbonyl (C=O) groups excluding carboxylic acids is 1. The molecule has 5 nitrogen and oxygen atoms in total. The monoisotopic (exact) mass is 239 g/mol. The van der Waals surface area contributed by atoms with E-state index >= 15 is 0 Å². The zero-order valence-electron chi connectivity index (χ0n) is 11.3. The smallest absolute Gasteiger partial charge is 0.319 e. The molecule has 0 aliphatic rings. The summed E-state index contributed by atoms with van der Waals surface area (Å²) < 4.78 is 7.05. The van der Waals surface area contributed by atoms with E-state index in [0.717, 1.165) is 5.82 Å². The van der Waals surface area contributed by atoms with Crippen molar-refractivity contribution in [1.29, 1.82) is 0 Å². The molecule has 0 bridgehead atoms. The van der Waals surface area contributed by atoms with Crippen molar-refractivity contribution in [2.75, 3.05) is 6.61 Å². The molecule has 0 unspecified atom stereocenters. The SMILES string of the molecule is CCOC(=O)C(CC)(CC)c1nnc(C)n1C. The lowest BCUT2D eigenvalue weighted by Gasteiger charge is -2.27. The summed E-state index contributed by atoms with van der Waals surface area (Å²) in [5, 5.41) is 8.17. The molecule has 0 aromatic carbocycles. The summed E-state index contributed by atoms with van der Waals surface area (Å²) in [4.78, 5) is 12.2. The summed E-state index contributed by atoms with van der Waals surface area (Å²) in [5.74, 6) is 1.29. The van der Waals surface area contributed by atoms with Crippen molar-refractivity contribution in [1.82, 2.24) is 14.8 Å². The van der Waals surface area contributed by atoms with Gasteiger partial charge in [-0.3, -0.25) is 4.79 Å². The maximum absolute atomic E-state index is 12.2. The van der Waals surface area contributed by atoms with Crippen LogP contribution < -0.4 is 0 Å². The molecule has 0 aliphatic heterocycles. The van der Waals surface area contributed by atoms with Crippen LogP contribution in [0.25, 0.3) is 0 Å². The first-order valence-electron chi connectivity index (χ1n) is 6.07. The van der Waals surface area contributed by atoms with Gasteiger partial charge in [0.05, 0.1) is 6.61 Å². The highest BCUT2D eigenvalue weighted by molar-refractivity contribution is 5.82. The molecular weight excluding hydrogens is 218 g/mol. The third-order valence-electron chi connectivity index (χ3n) is 3.39. The Bertz CT molecular complexity index is 394. The largest absolute Gasteiger partial charge is 0.465 e. The zero-order valence-corrected chi connectivity index (χ0v) is 11.3. The highest BCUT2D eigenvalue weighted by Gasteiger charge is 2.42. The third-order valence-corrected chi connectivity index (χ3v) is 3.39. The van der Waals surface area contributed by atoms with Crippen LogP contribution in [-0.4, -0.2) is 27.3 Å². The Morgan fingerprint density at radius 2 is 1.88 bits per heavy atom. The molecule has 5 heteroatoms. The van der Waals surface area contributed by atoms with Crippen LogP contribution in [0.2, 0.25) is 0 Å². The average molecular weight is 239 g/mol. The molecule has 0 N–H and O–H groups in total. The minimum Gasteiger partial charge on any atom is -0.465 e. The normalized spacial score (nSPS) is 11.6. The van der Waals surface area contributed by atoms with E-state index in [4.69, 9.17) is 4.74 Å². The summed E-state index contributed by atoms with van der Waals surface area (Å²) in [7, 11) is 1.88. The lowest BCUT2D eigenvalue weighted by molar-refractivity contribution is -0.151. The summed E-state index contributed by atoms with van der Waals surface area (Å²) in [6, 6.07) is 0. The molecule has 1 heterocycles. The Morgan fingerprint density at radius 1 is 1.29 bits per heavy atom. The standard InChI is InChI=1S/C12H21N3O2/c1-6-12(7-2,11(16)17-8-3)10-14-13-9(4)15(10)5/h6-8H2,1-5H3. The van der Waals surface area contributed by atoms with Gasteiger partial charge >= 0.3 is 5.97 Å². The lowest BCUT2D eigenvalue weighted by Crippen LogP contribution is -2.39. The number of nitrogens with zero attached hydrogens (tertiary/aromatic N) is 3. The van der Waals surface area contributed by atoms with E-state index in [-0.39, 0.29) is 5.97 Å². The van der Waals surface area contributed by atoms with Crippen molar-refractivity contribution in [2.24, 2.45) is 7.05 Å². The number of aromatic nitrogens is 3. The van der Waals surface area contributed by atoms with Crippen LogP contribution in [0.3, 0.4) is 0 Å². The molecule has 1 aromatic heterocycles. The summed E-state index contributed by atoms with van der Waals surface area (Å²) in [6.07, 6.45) is 1.32. The van der Waals surface area contributed by atoms with E-state index in [1.54, 1.807) is 0 Å². The van der Waals surface area contributed by atoms with Crippen molar-refractivity contribution in [2.45, 2.75) is 46.0 Å². The van der Waals surface area contributed by atoms with E-state index in [2.05, 4.69) is 10.2 Å². The molecule has 96 valence electrons. The van der Waals surface area contributed by atoms with Gasteiger partial charge in [-0.15, -0.1) is 10.2 Å². The average Bonchev–Trinajstić information content (AvgIpc) is 2.64. The van der Waals surface area contributed by atoms with Gasteiger partial charge in [0, 0.05) is 7.05 Å². The summed E-state index contributed by atoms with van der Waals surface area (Å²) in [6.45, 7) is 8.03. The quantitative estimate of drug-likeness (QED) is 0.734. The number of ether oxygens (including phenoxy) is 1. The topological polar surface area (TPSA) is 57.0 Å². The van der Waals surface area contributed by atoms with Crippen molar-refractivity contribution in [3.63, 3.8) is 0 Å². The van der Waals surface area contributed by atoms with Crippen molar-refractivity contribution >= 4 is 5.97 Å². The molecule has 0 aliphatic carbocycles. The molecule has 0 radical (unpaired) electrons. The number of hydrogen-bond donors (Lipinski definition) is 0. The fraction of sp³-hybridized carbons (Fsp3) is 0.750. The number of aryl methyl sites for hydroxylation is 1. The van der Waals surface area contributed by atoms with E-state index in [9.17, 15) is 4.79 Å². The van der Waals surface area contributed by atoms with Gasteiger partial charge in [0.15, 0.2) is 0 Å². The lowest BCUT2D eigenvalue weighted by atomic mass is 9.81.